The molecule has 1 amide bonds. The molecule has 0 radical (unpaired) electrons. The number of sulfonamides is 1. The molecule has 0 fully saturated rings. The summed E-state index contributed by atoms with van der Waals surface area (Å²) < 4.78 is 29.1. The van der Waals surface area contributed by atoms with Gasteiger partial charge in [0.2, 0.25) is 10.0 Å². The fraction of sp³-hybridized carbons (Fsp3) is 0.600. The molecule has 1 aromatic heterocycles. The summed E-state index contributed by atoms with van der Waals surface area (Å²) in [6.07, 6.45) is 1.20. The van der Waals surface area contributed by atoms with Crippen LogP contribution in [0.5, 0.6) is 0 Å². The number of nitrogens with one attached hydrogen (secondary N) is 1. The van der Waals surface area contributed by atoms with Crippen molar-refractivity contribution in [2.45, 2.75) is 19.9 Å². The molecule has 0 bridgehead atoms. The molecule has 0 unspecified atom stereocenters. The zero-order chi connectivity index (χ0) is 14.0. The lowest BCUT2D eigenvalue weighted by molar-refractivity contribution is 0.168. The molecule has 9 heteroatoms. The Morgan fingerprint density at radius 3 is 2.95 bits per heavy atom. The van der Waals surface area contributed by atoms with Crippen molar-refractivity contribution in [3.05, 3.63) is 10.6 Å². The molecule has 2 rings (SSSR count). The van der Waals surface area contributed by atoms with Crippen molar-refractivity contribution in [2.75, 3.05) is 24.7 Å². The van der Waals surface area contributed by atoms with Gasteiger partial charge in [-0.3, -0.25) is 5.32 Å². The smallest absolute Gasteiger partial charge is 0.413 e. The van der Waals surface area contributed by atoms with Gasteiger partial charge in [-0.15, -0.1) is 0 Å². The van der Waals surface area contributed by atoms with Crippen LogP contribution in [-0.4, -0.2) is 43.2 Å². The quantitative estimate of drug-likeness (QED) is 0.901. The second-order valence-electron chi connectivity index (χ2n) is 4.08. The normalized spacial score (nSPS) is 15.9. The number of hydrogen-bond acceptors (Lipinski definition) is 6. The van der Waals surface area contributed by atoms with E-state index in [9.17, 15) is 13.2 Å². The fourth-order valence-electron chi connectivity index (χ4n) is 1.76. The van der Waals surface area contributed by atoms with E-state index in [-0.39, 0.29) is 0 Å². The van der Waals surface area contributed by atoms with E-state index in [1.54, 1.807) is 6.92 Å². The molecule has 0 aliphatic carbocycles. The van der Waals surface area contributed by atoms with Crippen molar-refractivity contribution in [1.82, 2.24) is 9.29 Å². The molecule has 0 spiro atoms. The fourth-order valence-corrected chi connectivity index (χ4v) is 3.64. The van der Waals surface area contributed by atoms with E-state index < -0.39 is 16.1 Å². The molecule has 0 atom stereocenters. The highest BCUT2D eigenvalue weighted by Gasteiger charge is 2.26. The number of hydrogen-bond donors (Lipinski definition) is 1. The molecular formula is C10H15N3O4S2. The average Bonchev–Trinajstić information content (AvgIpc) is 2.68. The van der Waals surface area contributed by atoms with Crippen LogP contribution < -0.4 is 5.32 Å². The number of ether oxygens (including phenoxy) is 1. The Balaban J connectivity index is 2.10. The molecule has 1 aliphatic rings. The molecule has 0 saturated heterocycles. The zero-order valence-corrected chi connectivity index (χ0v) is 12.3. The number of nitrogens with zero attached hydrogens (tertiary/aromatic N) is 2. The van der Waals surface area contributed by atoms with Crippen LogP contribution in [0.3, 0.4) is 0 Å². The largest absolute Gasteiger partial charge is 0.450 e. The lowest BCUT2D eigenvalue weighted by Gasteiger charge is -2.23. The molecule has 7 nitrogen and oxygen atoms in total. The van der Waals surface area contributed by atoms with Crippen molar-refractivity contribution in [3.8, 4) is 0 Å². The summed E-state index contributed by atoms with van der Waals surface area (Å²) in [5, 5.41) is 2.98. The van der Waals surface area contributed by atoms with Gasteiger partial charge < -0.3 is 4.74 Å². The SMILES string of the molecule is CCOC(=O)Nc1nc2c(s1)CN(S(C)(=O)=O)CC2. The van der Waals surface area contributed by atoms with Crippen LogP contribution in [0.2, 0.25) is 0 Å². The van der Waals surface area contributed by atoms with E-state index >= 15 is 0 Å². The number of amides is 1. The number of carbonyl (C=O) groups excluding carboxylic acids is 1. The number of anilines is 1. The molecule has 1 aromatic rings. The van der Waals surface area contributed by atoms with Gasteiger partial charge in [-0.25, -0.2) is 18.2 Å². The van der Waals surface area contributed by atoms with Gasteiger partial charge in [0, 0.05) is 24.4 Å². The van der Waals surface area contributed by atoms with Gasteiger partial charge in [-0.05, 0) is 6.92 Å². The lowest BCUT2D eigenvalue weighted by atomic mass is 10.2. The summed E-state index contributed by atoms with van der Waals surface area (Å²) in [6.45, 7) is 2.75. The number of aromatic nitrogens is 1. The highest BCUT2D eigenvalue weighted by atomic mass is 32.2. The lowest BCUT2D eigenvalue weighted by Crippen LogP contribution is -2.34. The van der Waals surface area contributed by atoms with Gasteiger partial charge >= 0.3 is 6.09 Å². The predicted molar refractivity (Wildman–Crippen MR) is 71.7 cm³/mol. The maximum atomic E-state index is 11.5. The Hall–Kier alpha value is -1.19. The van der Waals surface area contributed by atoms with Crippen molar-refractivity contribution < 1.29 is 17.9 Å². The van der Waals surface area contributed by atoms with Crippen LogP contribution in [0.4, 0.5) is 9.93 Å². The Bertz CT molecular complexity index is 582. The molecular weight excluding hydrogens is 290 g/mol. The first-order valence-corrected chi connectivity index (χ1v) is 8.44. The summed E-state index contributed by atoms with van der Waals surface area (Å²) >= 11 is 1.28. The van der Waals surface area contributed by atoms with E-state index in [1.807, 2.05) is 0 Å². The summed E-state index contributed by atoms with van der Waals surface area (Å²) in [7, 11) is -3.19. The maximum absolute atomic E-state index is 11.5. The number of carbonyl (C=O) groups is 1. The zero-order valence-electron chi connectivity index (χ0n) is 10.7. The van der Waals surface area contributed by atoms with E-state index in [0.29, 0.717) is 31.2 Å². The van der Waals surface area contributed by atoms with Crippen LogP contribution in [0.1, 0.15) is 17.5 Å². The number of fused-ring (bicyclic) bond motifs is 1. The first-order valence-electron chi connectivity index (χ1n) is 5.77. The second kappa shape index (κ2) is 5.43. The standard InChI is InChI=1S/C10H15N3O4S2/c1-3-17-10(14)12-9-11-7-4-5-13(19(2,15)16)6-8(7)18-9/h3-6H2,1-2H3,(H,11,12,14). The third-order valence-corrected chi connectivity index (χ3v) is 4.90. The van der Waals surface area contributed by atoms with Crippen molar-refractivity contribution in [3.63, 3.8) is 0 Å². The minimum atomic E-state index is -3.19. The minimum absolute atomic E-state index is 0.290. The summed E-state index contributed by atoms with van der Waals surface area (Å²) in [5.41, 5.74) is 0.844. The first kappa shape index (κ1) is 14.2. The van der Waals surface area contributed by atoms with Gasteiger partial charge in [0.05, 0.1) is 18.6 Å². The Kier molecular flexibility index (Phi) is 4.07. The summed E-state index contributed by atoms with van der Waals surface area (Å²) in [4.78, 5) is 16.4. The average molecular weight is 305 g/mol. The van der Waals surface area contributed by atoms with Gasteiger partial charge in [-0.2, -0.15) is 4.31 Å². The monoisotopic (exact) mass is 305 g/mol. The summed E-state index contributed by atoms with van der Waals surface area (Å²) in [6, 6.07) is 0. The van der Waals surface area contributed by atoms with Gasteiger partial charge in [-0.1, -0.05) is 11.3 Å². The van der Waals surface area contributed by atoms with E-state index in [1.165, 1.54) is 21.9 Å². The van der Waals surface area contributed by atoms with E-state index in [2.05, 4.69) is 10.3 Å². The van der Waals surface area contributed by atoms with Crippen LogP contribution in [0, 0.1) is 0 Å². The first-order chi connectivity index (χ1) is 8.90. The second-order valence-corrected chi connectivity index (χ2v) is 7.15. The van der Waals surface area contributed by atoms with Gasteiger partial charge in [0.15, 0.2) is 5.13 Å². The molecule has 1 N–H and O–H groups in total. The van der Waals surface area contributed by atoms with Crippen LogP contribution in [0.15, 0.2) is 0 Å². The maximum Gasteiger partial charge on any atom is 0.413 e. The van der Waals surface area contributed by atoms with E-state index in [4.69, 9.17) is 4.74 Å². The highest BCUT2D eigenvalue weighted by Crippen LogP contribution is 2.29. The highest BCUT2D eigenvalue weighted by molar-refractivity contribution is 7.88. The molecule has 0 aromatic carbocycles. The molecule has 19 heavy (non-hydrogen) atoms. The topological polar surface area (TPSA) is 88.6 Å². The third kappa shape index (κ3) is 3.43. The van der Waals surface area contributed by atoms with Gasteiger partial charge in [0.25, 0.3) is 0 Å². The molecule has 2 heterocycles. The molecule has 1 aliphatic heterocycles. The van der Waals surface area contributed by atoms with Crippen molar-refractivity contribution in [1.29, 1.82) is 0 Å². The van der Waals surface area contributed by atoms with Crippen LogP contribution >= 0.6 is 11.3 Å². The van der Waals surface area contributed by atoms with E-state index in [0.717, 1.165) is 10.6 Å². The molecule has 106 valence electrons. The third-order valence-electron chi connectivity index (χ3n) is 2.65. The number of thiazole rings is 1. The minimum Gasteiger partial charge on any atom is -0.450 e. The summed E-state index contributed by atoms with van der Waals surface area (Å²) in [5.74, 6) is 0. The number of rotatable bonds is 3. The van der Waals surface area contributed by atoms with Crippen LogP contribution in [-0.2, 0) is 27.7 Å². The van der Waals surface area contributed by atoms with Gasteiger partial charge in [0.1, 0.15) is 0 Å². The Morgan fingerprint density at radius 2 is 2.32 bits per heavy atom. The molecule has 0 saturated carbocycles. The predicted octanol–water partition coefficient (Wildman–Crippen LogP) is 1.03. The Labute approximate surface area is 115 Å². The van der Waals surface area contributed by atoms with Crippen LogP contribution in [0.25, 0.3) is 0 Å². The van der Waals surface area contributed by atoms with Crippen molar-refractivity contribution in [2.24, 2.45) is 0 Å². The van der Waals surface area contributed by atoms with Crippen molar-refractivity contribution >= 4 is 32.6 Å². The Morgan fingerprint density at radius 1 is 1.58 bits per heavy atom.